The van der Waals surface area contributed by atoms with Crippen molar-refractivity contribution in [2.75, 3.05) is 7.11 Å². The fraction of sp³-hybridized carbons (Fsp3) is 0.389. The molecule has 0 bridgehead atoms. The average Bonchev–Trinajstić information content (AvgIpc) is 3.02. The molecule has 1 amide bonds. The summed E-state index contributed by atoms with van der Waals surface area (Å²) in [5.74, 6) is -0.266. The minimum atomic E-state index is -0.452. The zero-order chi connectivity index (χ0) is 17.1. The SMILES string of the molecule is COc1ccc([C@H](NC(=O)Cc2ccsc2)C2CC(O)C2)cc1F. The van der Waals surface area contributed by atoms with Gasteiger partial charge in [-0.3, -0.25) is 4.79 Å². The molecular formula is C18H20FNO3S. The lowest BCUT2D eigenvalue weighted by atomic mass is 9.75. The van der Waals surface area contributed by atoms with Crippen LogP contribution in [0.25, 0.3) is 0 Å². The number of benzene rings is 1. The topological polar surface area (TPSA) is 58.6 Å². The van der Waals surface area contributed by atoms with Crippen LogP contribution in [0.4, 0.5) is 4.39 Å². The molecule has 1 heterocycles. The summed E-state index contributed by atoms with van der Waals surface area (Å²) < 4.78 is 19.0. The van der Waals surface area contributed by atoms with Crippen molar-refractivity contribution in [1.29, 1.82) is 0 Å². The summed E-state index contributed by atoms with van der Waals surface area (Å²) >= 11 is 1.55. The maximum Gasteiger partial charge on any atom is 0.224 e. The molecule has 6 heteroatoms. The van der Waals surface area contributed by atoms with Gasteiger partial charge in [-0.2, -0.15) is 11.3 Å². The lowest BCUT2D eigenvalue weighted by molar-refractivity contribution is -0.122. The fourth-order valence-corrected chi connectivity index (χ4v) is 3.72. The number of thiophene rings is 1. The molecule has 0 saturated heterocycles. The smallest absolute Gasteiger partial charge is 0.224 e. The van der Waals surface area contributed by atoms with E-state index in [0.717, 1.165) is 5.56 Å². The largest absolute Gasteiger partial charge is 0.494 e. The van der Waals surface area contributed by atoms with Crippen molar-refractivity contribution in [3.8, 4) is 5.75 Å². The number of rotatable bonds is 6. The molecule has 1 aliphatic carbocycles. The maximum absolute atomic E-state index is 14.0. The molecule has 2 aromatic rings. The number of carbonyl (C=O) groups is 1. The lowest BCUT2D eigenvalue weighted by Crippen LogP contribution is -2.41. The Kier molecular flexibility index (Phi) is 5.16. The predicted molar refractivity (Wildman–Crippen MR) is 90.6 cm³/mol. The zero-order valence-corrected chi connectivity index (χ0v) is 14.2. The first kappa shape index (κ1) is 16.9. The highest BCUT2D eigenvalue weighted by Crippen LogP contribution is 2.39. The number of aliphatic hydroxyl groups is 1. The third-order valence-corrected chi connectivity index (χ3v) is 5.15. The minimum Gasteiger partial charge on any atom is -0.494 e. The van der Waals surface area contributed by atoms with Crippen LogP contribution in [-0.4, -0.2) is 24.2 Å². The van der Waals surface area contributed by atoms with Gasteiger partial charge < -0.3 is 15.2 Å². The first-order valence-electron chi connectivity index (χ1n) is 7.88. The first-order valence-corrected chi connectivity index (χ1v) is 8.83. The average molecular weight is 349 g/mol. The molecular weight excluding hydrogens is 329 g/mol. The Morgan fingerprint density at radius 2 is 2.25 bits per heavy atom. The van der Waals surface area contributed by atoms with Gasteiger partial charge in [-0.05, 0) is 58.8 Å². The number of hydrogen-bond donors (Lipinski definition) is 2. The van der Waals surface area contributed by atoms with Crippen LogP contribution in [0, 0.1) is 11.7 Å². The van der Waals surface area contributed by atoms with Crippen LogP contribution in [0.5, 0.6) is 5.75 Å². The molecule has 1 atom stereocenters. The number of carbonyl (C=O) groups excluding carboxylic acids is 1. The molecule has 1 fully saturated rings. The molecule has 24 heavy (non-hydrogen) atoms. The minimum absolute atomic E-state index is 0.101. The van der Waals surface area contributed by atoms with E-state index in [2.05, 4.69) is 5.32 Å². The molecule has 1 aromatic heterocycles. The van der Waals surface area contributed by atoms with Crippen molar-refractivity contribution in [2.45, 2.75) is 31.4 Å². The van der Waals surface area contributed by atoms with Crippen molar-refractivity contribution in [3.63, 3.8) is 0 Å². The van der Waals surface area contributed by atoms with Crippen LogP contribution in [0.15, 0.2) is 35.0 Å². The summed E-state index contributed by atoms with van der Waals surface area (Å²) in [5.41, 5.74) is 1.66. The summed E-state index contributed by atoms with van der Waals surface area (Å²) in [6, 6.07) is 6.35. The normalized spacial score (nSPS) is 21.0. The lowest BCUT2D eigenvalue weighted by Gasteiger charge is -2.38. The van der Waals surface area contributed by atoms with Crippen molar-refractivity contribution in [1.82, 2.24) is 5.32 Å². The van der Waals surface area contributed by atoms with Gasteiger partial charge in [-0.25, -0.2) is 4.39 Å². The van der Waals surface area contributed by atoms with E-state index in [1.807, 2.05) is 16.8 Å². The molecule has 1 aromatic carbocycles. The zero-order valence-electron chi connectivity index (χ0n) is 13.4. The quantitative estimate of drug-likeness (QED) is 0.843. The molecule has 128 valence electrons. The van der Waals surface area contributed by atoms with E-state index in [-0.39, 0.29) is 29.7 Å². The summed E-state index contributed by atoms with van der Waals surface area (Å²) in [4.78, 5) is 12.3. The van der Waals surface area contributed by atoms with Gasteiger partial charge in [0.25, 0.3) is 0 Å². The van der Waals surface area contributed by atoms with Gasteiger partial charge >= 0.3 is 0 Å². The van der Waals surface area contributed by atoms with Crippen molar-refractivity contribution < 1.29 is 19.0 Å². The Hall–Kier alpha value is -1.92. The van der Waals surface area contributed by atoms with E-state index in [9.17, 15) is 14.3 Å². The van der Waals surface area contributed by atoms with Gasteiger partial charge in [-0.15, -0.1) is 0 Å². The van der Waals surface area contributed by atoms with Crippen molar-refractivity contribution >= 4 is 17.2 Å². The van der Waals surface area contributed by atoms with E-state index in [1.54, 1.807) is 23.5 Å². The molecule has 0 aliphatic heterocycles. The van der Waals surface area contributed by atoms with E-state index in [1.165, 1.54) is 13.2 Å². The van der Waals surface area contributed by atoms with E-state index in [0.29, 0.717) is 24.8 Å². The second kappa shape index (κ2) is 7.32. The summed E-state index contributed by atoms with van der Waals surface area (Å²) in [7, 11) is 1.42. The third-order valence-electron chi connectivity index (χ3n) is 4.42. The molecule has 2 N–H and O–H groups in total. The molecule has 0 radical (unpaired) electrons. The number of halogens is 1. The van der Waals surface area contributed by atoms with Crippen LogP contribution in [0.2, 0.25) is 0 Å². The van der Waals surface area contributed by atoms with E-state index >= 15 is 0 Å². The van der Waals surface area contributed by atoms with E-state index in [4.69, 9.17) is 4.74 Å². The second-order valence-electron chi connectivity index (χ2n) is 6.13. The standard InChI is InChI=1S/C18H20FNO3S/c1-23-16-3-2-12(9-15(16)19)18(13-7-14(21)8-13)20-17(22)6-11-4-5-24-10-11/h2-5,9-10,13-14,18,21H,6-8H2,1H3,(H,20,22)/t13?,14?,18-/m0/s1. The Bertz CT molecular complexity index is 698. The van der Waals surface area contributed by atoms with Crippen LogP contribution < -0.4 is 10.1 Å². The number of hydrogen-bond acceptors (Lipinski definition) is 4. The highest BCUT2D eigenvalue weighted by atomic mass is 32.1. The summed E-state index contributed by atoms with van der Waals surface area (Å²) in [6.07, 6.45) is 1.18. The number of aliphatic hydroxyl groups excluding tert-OH is 1. The Labute approximate surface area is 144 Å². The van der Waals surface area contributed by atoms with Gasteiger partial charge in [0.05, 0.1) is 25.7 Å². The van der Waals surface area contributed by atoms with Crippen LogP contribution in [-0.2, 0) is 11.2 Å². The summed E-state index contributed by atoms with van der Waals surface area (Å²) in [5, 5.41) is 16.5. The number of methoxy groups -OCH3 is 1. The van der Waals surface area contributed by atoms with Crippen molar-refractivity contribution in [3.05, 3.63) is 52.0 Å². The number of amides is 1. The molecule has 1 saturated carbocycles. The Morgan fingerprint density at radius 1 is 1.46 bits per heavy atom. The number of ether oxygens (including phenoxy) is 1. The van der Waals surface area contributed by atoms with Gasteiger partial charge in [0.15, 0.2) is 11.6 Å². The monoisotopic (exact) mass is 349 g/mol. The highest BCUT2D eigenvalue weighted by molar-refractivity contribution is 7.07. The Balaban J connectivity index is 1.76. The first-order chi connectivity index (χ1) is 11.6. The predicted octanol–water partition coefficient (Wildman–Crippen LogP) is 3.07. The van der Waals surface area contributed by atoms with Crippen molar-refractivity contribution in [2.24, 2.45) is 5.92 Å². The number of nitrogens with one attached hydrogen (secondary N) is 1. The van der Waals surface area contributed by atoms with Gasteiger partial charge in [0, 0.05) is 0 Å². The highest BCUT2D eigenvalue weighted by Gasteiger charge is 2.36. The third kappa shape index (κ3) is 3.76. The van der Waals surface area contributed by atoms with Crippen LogP contribution >= 0.6 is 11.3 Å². The molecule has 3 rings (SSSR count). The Morgan fingerprint density at radius 3 is 2.83 bits per heavy atom. The van der Waals surface area contributed by atoms with E-state index < -0.39 is 5.82 Å². The van der Waals surface area contributed by atoms with Gasteiger partial charge in [0.1, 0.15) is 0 Å². The van der Waals surface area contributed by atoms with Crippen LogP contribution in [0.1, 0.15) is 30.0 Å². The molecule has 4 nitrogen and oxygen atoms in total. The maximum atomic E-state index is 14.0. The molecule has 0 unspecified atom stereocenters. The molecule has 1 aliphatic rings. The molecule has 0 spiro atoms. The fourth-order valence-electron chi connectivity index (χ4n) is 3.05. The van der Waals surface area contributed by atoms with Gasteiger partial charge in [0.2, 0.25) is 5.91 Å². The second-order valence-corrected chi connectivity index (χ2v) is 6.91. The van der Waals surface area contributed by atoms with Gasteiger partial charge in [-0.1, -0.05) is 6.07 Å². The summed E-state index contributed by atoms with van der Waals surface area (Å²) in [6.45, 7) is 0. The van der Waals surface area contributed by atoms with Crippen LogP contribution in [0.3, 0.4) is 0 Å².